The van der Waals surface area contributed by atoms with Gasteiger partial charge in [0, 0.05) is 18.7 Å². The van der Waals surface area contributed by atoms with Gasteiger partial charge in [0.1, 0.15) is 5.82 Å². The maximum absolute atomic E-state index is 13.2. The molecule has 3 N–H and O–H groups in total. The molecule has 0 bridgehead atoms. The number of aromatic nitrogens is 1. The van der Waals surface area contributed by atoms with Crippen LogP contribution in [0.5, 0.6) is 0 Å². The molecule has 17 heavy (non-hydrogen) atoms. The van der Waals surface area contributed by atoms with Crippen LogP contribution in [-0.4, -0.2) is 12.0 Å². The van der Waals surface area contributed by atoms with Crippen molar-refractivity contribution in [1.29, 1.82) is 0 Å². The summed E-state index contributed by atoms with van der Waals surface area (Å²) >= 11 is 1.50. The minimum Gasteiger partial charge on any atom is -0.365 e. The second-order valence-electron chi connectivity index (χ2n) is 3.78. The van der Waals surface area contributed by atoms with Crippen molar-refractivity contribution in [2.24, 2.45) is 5.73 Å². The SMILES string of the molecule is CNc1nc(-c2cccc(F)c2)c(C(C)N)s1. The molecule has 1 unspecified atom stereocenters. The van der Waals surface area contributed by atoms with E-state index in [9.17, 15) is 4.39 Å². The van der Waals surface area contributed by atoms with Crippen molar-refractivity contribution in [2.75, 3.05) is 12.4 Å². The third-order valence-corrected chi connectivity index (χ3v) is 3.65. The monoisotopic (exact) mass is 251 g/mol. The molecule has 0 radical (unpaired) electrons. The predicted octanol–water partition coefficient (Wildman–Crippen LogP) is 3.01. The van der Waals surface area contributed by atoms with E-state index < -0.39 is 0 Å². The van der Waals surface area contributed by atoms with Gasteiger partial charge >= 0.3 is 0 Å². The molecular formula is C12H14FN3S. The van der Waals surface area contributed by atoms with Gasteiger partial charge in [0.2, 0.25) is 0 Å². The Morgan fingerprint density at radius 1 is 1.47 bits per heavy atom. The molecule has 0 amide bonds. The third-order valence-electron chi connectivity index (χ3n) is 2.38. The maximum Gasteiger partial charge on any atom is 0.183 e. The van der Waals surface area contributed by atoms with Crippen molar-refractivity contribution in [2.45, 2.75) is 13.0 Å². The van der Waals surface area contributed by atoms with Crippen molar-refractivity contribution in [1.82, 2.24) is 4.98 Å². The van der Waals surface area contributed by atoms with Crippen LogP contribution in [0.25, 0.3) is 11.3 Å². The van der Waals surface area contributed by atoms with Crippen LogP contribution in [0.1, 0.15) is 17.8 Å². The van der Waals surface area contributed by atoms with Gasteiger partial charge in [-0.15, -0.1) is 0 Å². The first-order valence-electron chi connectivity index (χ1n) is 5.32. The van der Waals surface area contributed by atoms with Crippen molar-refractivity contribution >= 4 is 16.5 Å². The fourth-order valence-electron chi connectivity index (χ4n) is 1.59. The van der Waals surface area contributed by atoms with E-state index in [1.165, 1.54) is 23.5 Å². The van der Waals surface area contributed by atoms with Crippen LogP contribution < -0.4 is 11.1 Å². The second-order valence-corrected chi connectivity index (χ2v) is 4.81. The number of anilines is 1. The van der Waals surface area contributed by atoms with Gasteiger partial charge in [0.15, 0.2) is 5.13 Å². The van der Waals surface area contributed by atoms with Gasteiger partial charge in [-0.1, -0.05) is 23.5 Å². The van der Waals surface area contributed by atoms with Gasteiger partial charge in [-0.2, -0.15) is 0 Å². The van der Waals surface area contributed by atoms with Crippen LogP contribution in [0.2, 0.25) is 0 Å². The summed E-state index contributed by atoms with van der Waals surface area (Å²) in [5, 5.41) is 3.77. The van der Waals surface area contributed by atoms with Gasteiger partial charge < -0.3 is 11.1 Å². The summed E-state index contributed by atoms with van der Waals surface area (Å²) in [7, 11) is 1.80. The summed E-state index contributed by atoms with van der Waals surface area (Å²) in [5.41, 5.74) is 7.42. The first-order valence-corrected chi connectivity index (χ1v) is 6.13. The Bertz CT molecular complexity index is 522. The van der Waals surface area contributed by atoms with Gasteiger partial charge in [0.05, 0.1) is 10.6 Å². The number of nitrogens with zero attached hydrogens (tertiary/aromatic N) is 1. The molecule has 1 atom stereocenters. The van der Waals surface area contributed by atoms with Crippen LogP contribution >= 0.6 is 11.3 Å². The van der Waals surface area contributed by atoms with E-state index in [0.717, 1.165) is 21.3 Å². The Morgan fingerprint density at radius 3 is 2.82 bits per heavy atom. The fourth-order valence-corrected chi connectivity index (χ4v) is 2.48. The molecule has 0 aliphatic rings. The summed E-state index contributed by atoms with van der Waals surface area (Å²) in [4.78, 5) is 5.38. The van der Waals surface area contributed by atoms with Crippen molar-refractivity contribution < 1.29 is 4.39 Å². The molecule has 0 saturated heterocycles. The first-order chi connectivity index (χ1) is 8.11. The molecule has 1 heterocycles. The van der Waals surface area contributed by atoms with Crippen molar-refractivity contribution in [3.63, 3.8) is 0 Å². The predicted molar refractivity (Wildman–Crippen MR) is 69.7 cm³/mol. The molecule has 90 valence electrons. The highest BCUT2D eigenvalue weighted by Gasteiger charge is 2.15. The summed E-state index contributed by atoms with van der Waals surface area (Å²) in [6, 6.07) is 6.28. The average molecular weight is 251 g/mol. The largest absolute Gasteiger partial charge is 0.365 e. The van der Waals surface area contributed by atoms with Crippen LogP contribution in [0, 0.1) is 5.82 Å². The maximum atomic E-state index is 13.2. The Hall–Kier alpha value is -1.46. The Labute approximate surface area is 103 Å². The normalized spacial score (nSPS) is 12.5. The third kappa shape index (κ3) is 2.45. The highest BCUT2D eigenvalue weighted by Crippen LogP contribution is 2.34. The number of thiazole rings is 1. The lowest BCUT2D eigenvalue weighted by Gasteiger charge is -2.05. The van der Waals surface area contributed by atoms with Crippen LogP contribution in [0.4, 0.5) is 9.52 Å². The van der Waals surface area contributed by atoms with Crippen molar-refractivity contribution in [3.8, 4) is 11.3 Å². The summed E-state index contributed by atoms with van der Waals surface area (Å²) in [5.74, 6) is -0.267. The lowest BCUT2D eigenvalue weighted by atomic mass is 10.1. The molecule has 0 fully saturated rings. The number of hydrogen-bond donors (Lipinski definition) is 2. The lowest BCUT2D eigenvalue weighted by molar-refractivity contribution is 0.628. The number of nitrogens with two attached hydrogens (primary N) is 1. The number of nitrogens with one attached hydrogen (secondary N) is 1. The van der Waals surface area contributed by atoms with E-state index in [1.54, 1.807) is 13.1 Å². The lowest BCUT2D eigenvalue weighted by Crippen LogP contribution is -2.04. The highest BCUT2D eigenvalue weighted by molar-refractivity contribution is 7.16. The van der Waals surface area contributed by atoms with E-state index >= 15 is 0 Å². The molecule has 1 aromatic heterocycles. The zero-order chi connectivity index (χ0) is 12.4. The Balaban J connectivity index is 2.53. The Morgan fingerprint density at radius 2 is 2.24 bits per heavy atom. The van der Waals surface area contributed by atoms with E-state index in [1.807, 2.05) is 13.0 Å². The van der Waals surface area contributed by atoms with Crippen LogP contribution in [0.15, 0.2) is 24.3 Å². The van der Waals surface area contributed by atoms with Gasteiger partial charge in [-0.05, 0) is 19.1 Å². The molecule has 3 nitrogen and oxygen atoms in total. The summed E-state index contributed by atoms with van der Waals surface area (Å²) < 4.78 is 13.2. The average Bonchev–Trinajstić information content (AvgIpc) is 2.73. The topological polar surface area (TPSA) is 50.9 Å². The van der Waals surface area contributed by atoms with Gasteiger partial charge in [0.25, 0.3) is 0 Å². The second kappa shape index (κ2) is 4.81. The molecule has 0 spiro atoms. The highest BCUT2D eigenvalue weighted by atomic mass is 32.1. The zero-order valence-electron chi connectivity index (χ0n) is 9.70. The molecular weight excluding hydrogens is 237 g/mol. The number of halogens is 1. The van der Waals surface area contributed by atoms with Crippen LogP contribution in [-0.2, 0) is 0 Å². The smallest absolute Gasteiger partial charge is 0.183 e. The summed E-state index contributed by atoms with van der Waals surface area (Å²) in [6.45, 7) is 1.90. The number of hydrogen-bond acceptors (Lipinski definition) is 4. The van der Waals surface area contributed by atoms with E-state index in [2.05, 4.69) is 10.3 Å². The van der Waals surface area contributed by atoms with E-state index in [4.69, 9.17) is 5.73 Å². The van der Waals surface area contributed by atoms with Crippen LogP contribution in [0.3, 0.4) is 0 Å². The molecule has 0 aliphatic carbocycles. The van der Waals surface area contributed by atoms with Crippen molar-refractivity contribution in [3.05, 3.63) is 35.0 Å². The minimum absolute atomic E-state index is 0.118. The molecule has 2 rings (SSSR count). The number of benzene rings is 1. The minimum atomic E-state index is -0.267. The van der Waals surface area contributed by atoms with E-state index in [-0.39, 0.29) is 11.9 Å². The van der Waals surface area contributed by atoms with E-state index in [0.29, 0.717) is 0 Å². The first kappa shape index (κ1) is 12.0. The quantitative estimate of drug-likeness (QED) is 0.881. The molecule has 0 aliphatic heterocycles. The molecule has 2 aromatic rings. The molecule has 5 heteroatoms. The Kier molecular flexibility index (Phi) is 3.40. The standard InChI is InChI=1S/C12H14FN3S/c1-7(14)11-10(16-12(15-2)17-11)8-4-3-5-9(13)6-8/h3-7H,14H2,1-2H3,(H,15,16). The van der Waals surface area contributed by atoms with Gasteiger partial charge in [-0.25, -0.2) is 9.37 Å². The zero-order valence-corrected chi connectivity index (χ0v) is 10.5. The number of rotatable bonds is 3. The summed E-state index contributed by atoms with van der Waals surface area (Å²) in [6.07, 6.45) is 0. The molecule has 0 saturated carbocycles. The fraction of sp³-hybridized carbons (Fsp3) is 0.250. The molecule has 1 aromatic carbocycles. The van der Waals surface area contributed by atoms with Gasteiger partial charge in [-0.3, -0.25) is 0 Å².